The smallest absolute Gasteiger partial charge is 0.336 e. The van der Waals surface area contributed by atoms with E-state index in [2.05, 4.69) is 0 Å². The number of amides is 1. The number of esters is 1. The van der Waals surface area contributed by atoms with Gasteiger partial charge in [0, 0.05) is 19.5 Å². The van der Waals surface area contributed by atoms with Crippen molar-refractivity contribution in [2.45, 2.75) is 33.0 Å². The van der Waals surface area contributed by atoms with E-state index in [0.29, 0.717) is 0 Å². The topological polar surface area (TPSA) is 125 Å². The molecule has 1 amide bonds. The lowest BCUT2D eigenvalue weighted by Crippen LogP contribution is -2.44. The van der Waals surface area contributed by atoms with Crippen LogP contribution in [0.1, 0.15) is 25.8 Å². The molecule has 0 saturated carbocycles. The van der Waals surface area contributed by atoms with E-state index in [9.17, 15) is 18.0 Å². The van der Waals surface area contributed by atoms with Gasteiger partial charge in [0.15, 0.2) is 12.7 Å². The zero-order chi connectivity index (χ0) is 22.8. The minimum absolute atomic E-state index is 0.103. The zero-order valence-electron chi connectivity index (χ0n) is 18.0. The van der Waals surface area contributed by atoms with Gasteiger partial charge in [-0.1, -0.05) is 44.2 Å². The Morgan fingerprint density at radius 1 is 1.17 bits per heavy atom. The fraction of sp³-hybridized carbons (Fsp3) is 0.600. The van der Waals surface area contributed by atoms with Crippen LogP contribution in [0.25, 0.3) is 0 Å². The average molecular weight is 445 g/mol. The van der Waals surface area contributed by atoms with Crippen LogP contribution in [-0.2, 0) is 40.0 Å². The lowest BCUT2D eigenvalue weighted by atomic mass is 9.87. The third-order valence-electron chi connectivity index (χ3n) is 4.23. The molecule has 10 heteroatoms. The van der Waals surface area contributed by atoms with E-state index < -0.39 is 34.2 Å². The van der Waals surface area contributed by atoms with Crippen molar-refractivity contribution in [1.82, 2.24) is 4.90 Å². The monoisotopic (exact) mass is 444 g/mol. The van der Waals surface area contributed by atoms with Crippen molar-refractivity contribution >= 4 is 22.0 Å². The maximum Gasteiger partial charge on any atom is 0.336 e. The van der Waals surface area contributed by atoms with Crippen LogP contribution in [0.5, 0.6) is 0 Å². The lowest BCUT2D eigenvalue weighted by Gasteiger charge is -2.32. The summed E-state index contributed by atoms with van der Waals surface area (Å²) in [5, 5.41) is 0. The van der Waals surface area contributed by atoms with Crippen molar-refractivity contribution in [3.8, 4) is 0 Å². The van der Waals surface area contributed by atoms with Crippen molar-refractivity contribution in [2.75, 3.05) is 39.6 Å². The second-order valence-corrected chi connectivity index (χ2v) is 9.49. The molecule has 1 aromatic carbocycles. The van der Waals surface area contributed by atoms with E-state index in [1.165, 1.54) is 4.90 Å². The molecule has 0 spiro atoms. The number of hydrogen-bond acceptors (Lipinski definition) is 8. The van der Waals surface area contributed by atoms with Gasteiger partial charge in [-0.15, -0.1) is 0 Å². The van der Waals surface area contributed by atoms with Gasteiger partial charge in [0.2, 0.25) is 0 Å². The number of nitrogens with zero attached hydrogens (tertiary/aromatic N) is 1. The molecule has 9 nitrogen and oxygen atoms in total. The quantitative estimate of drug-likeness (QED) is 0.352. The molecule has 0 fully saturated rings. The molecule has 0 radical (unpaired) electrons. The Balaban J connectivity index is 2.90. The van der Waals surface area contributed by atoms with Crippen LogP contribution in [0.3, 0.4) is 0 Å². The van der Waals surface area contributed by atoms with Gasteiger partial charge in [-0.2, -0.15) is 8.42 Å². The van der Waals surface area contributed by atoms with Crippen molar-refractivity contribution in [3.05, 3.63) is 35.9 Å². The number of rotatable bonds is 13. The highest BCUT2D eigenvalue weighted by atomic mass is 32.2. The van der Waals surface area contributed by atoms with Crippen molar-refractivity contribution in [3.63, 3.8) is 0 Å². The van der Waals surface area contributed by atoms with Gasteiger partial charge in [-0.05, 0) is 18.5 Å². The first-order valence-corrected chi connectivity index (χ1v) is 11.2. The predicted molar refractivity (Wildman–Crippen MR) is 112 cm³/mol. The number of hydrogen-bond donors (Lipinski definition) is 1. The number of carbonyl (C=O) groups is 2. The van der Waals surface area contributed by atoms with E-state index in [1.807, 2.05) is 30.3 Å². The number of likely N-dealkylation sites (N-methyl/N-ethyl adjacent to an activating group) is 1. The molecule has 0 aliphatic rings. The molecule has 0 saturated heterocycles. The van der Waals surface area contributed by atoms with Crippen LogP contribution >= 0.6 is 0 Å². The molecule has 170 valence electrons. The Morgan fingerprint density at radius 2 is 1.80 bits per heavy atom. The van der Waals surface area contributed by atoms with Crippen LogP contribution in [0, 0.1) is 5.41 Å². The normalized spacial score (nSPS) is 13.0. The molecule has 0 aliphatic heterocycles. The average Bonchev–Trinajstić information content (AvgIpc) is 2.70. The number of benzene rings is 1. The molecule has 30 heavy (non-hydrogen) atoms. The molecule has 0 aromatic heterocycles. The van der Waals surface area contributed by atoms with Gasteiger partial charge >= 0.3 is 5.97 Å². The van der Waals surface area contributed by atoms with Crippen LogP contribution in [-0.4, -0.2) is 70.9 Å². The molecule has 1 rings (SSSR count). The Morgan fingerprint density at radius 3 is 2.37 bits per heavy atom. The summed E-state index contributed by atoms with van der Waals surface area (Å²) in [6, 6.07) is 9.18. The van der Waals surface area contributed by atoms with Crippen LogP contribution in [0.4, 0.5) is 0 Å². The summed E-state index contributed by atoms with van der Waals surface area (Å²) >= 11 is 0. The zero-order valence-corrected chi connectivity index (χ0v) is 18.8. The first-order valence-electron chi connectivity index (χ1n) is 9.58. The third kappa shape index (κ3) is 9.21. The molecular weight excluding hydrogens is 412 g/mol. The molecule has 0 heterocycles. The Hall–Kier alpha value is -2.01. The summed E-state index contributed by atoms with van der Waals surface area (Å²) in [7, 11) is -0.698. The van der Waals surface area contributed by atoms with Crippen molar-refractivity contribution in [2.24, 2.45) is 11.1 Å². The van der Waals surface area contributed by atoms with Gasteiger partial charge < -0.3 is 20.1 Å². The Labute approximate surface area is 178 Å². The highest BCUT2D eigenvalue weighted by Gasteiger charge is 2.39. The summed E-state index contributed by atoms with van der Waals surface area (Å²) in [6.07, 6.45) is -0.886. The highest BCUT2D eigenvalue weighted by Crippen LogP contribution is 2.27. The van der Waals surface area contributed by atoms with E-state index in [4.69, 9.17) is 19.4 Å². The number of ether oxygens (including phenoxy) is 2. The first kappa shape index (κ1) is 26.0. The standard InChI is InChI=1S/C20H32N2O7S/c1-20(2,15-29-30(25,26)12-8-11-21)18(19(24)28-14-17(23)22(3)4)27-13-16-9-6-5-7-10-16/h5-7,9-10,18H,8,11-15,21H2,1-4H3/t18-/m0/s1. The summed E-state index contributed by atoms with van der Waals surface area (Å²) in [5.74, 6) is -1.37. The summed E-state index contributed by atoms with van der Waals surface area (Å²) in [6.45, 7) is 2.86. The maximum atomic E-state index is 12.7. The van der Waals surface area contributed by atoms with E-state index in [-0.39, 0.29) is 37.8 Å². The van der Waals surface area contributed by atoms with Crippen LogP contribution in [0.2, 0.25) is 0 Å². The molecular formula is C20H32N2O7S. The van der Waals surface area contributed by atoms with Crippen molar-refractivity contribution < 1.29 is 31.7 Å². The van der Waals surface area contributed by atoms with Gasteiger partial charge in [0.25, 0.3) is 16.0 Å². The second kappa shape index (κ2) is 12.0. The minimum atomic E-state index is -3.79. The Bertz CT molecular complexity index is 780. The summed E-state index contributed by atoms with van der Waals surface area (Å²) < 4.78 is 40.0. The minimum Gasteiger partial charge on any atom is -0.454 e. The molecule has 0 bridgehead atoms. The predicted octanol–water partition coefficient (Wildman–Crippen LogP) is 0.925. The molecule has 0 unspecified atom stereocenters. The molecule has 1 aromatic rings. The van der Waals surface area contributed by atoms with Gasteiger partial charge in [-0.3, -0.25) is 8.98 Å². The Kier molecular flexibility index (Phi) is 10.4. The molecule has 0 aliphatic carbocycles. The third-order valence-corrected chi connectivity index (χ3v) is 5.49. The van der Waals surface area contributed by atoms with E-state index in [0.717, 1.165) is 5.56 Å². The first-order chi connectivity index (χ1) is 14.0. The fourth-order valence-corrected chi connectivity index (χ4v) is 3.46. The van der Waals surface area contributed by atoms with Gasteiger partial charge in [0.1, 0.15) is 0 Å². The highest BCUT2D eigenvalue weighted by molar-refractivity contribution is 7.86. The lowest BCUT2D eigenvalue weighted by molar-refractivity contribution is -0.171. The maximum absolute atomic E-state index is 12.7. The second-order valence-electron chi connectivity index (χ2n) is 7.73. The van der Waals surface area contributed by atoms with E-state index >= 15 is 0 Å². The van der Waals surface area contributed by atoms with E-state index in [1.54, 1.807) is 27.9 Å². The number of carbonyl (C=O) groups excluding carboxylic acids is 2. The van der Waals surface area contributed by atoms with Gasteiger partial charge in [-0.25, -0.2) is 4.79 Å². The van der Waals surface area contributed by atoms with Gasteiger partial charge in [0.05, 0.1) is 19.0 Å². The summed E-state index contributed by atoms with van der Waals surface area (Å²) in [5.41, 5.74) is 5.12. The van der Waals surface area contributed by atoms with Crippen LogP contribution in [0.15, 0.2) is 30.3 Å². The number of nitrogens with two attached hydrogens (primary N) is 1. The molecule has 2 N–H and O–H groups in total. The van der Waals surface area contributed by atoms with Crippen molar-refractivity contribution in [1.29, 1.82) is 0 Å². The SMILES string of the molecule is CN(C)C(=O)COC(=O)[C@H](OCc1ccccc1)C(C)(C)COS(=O)(=O)CCCN. The molecule has 1 atom stereocenters. The summed E-state index contributed by atoms with van der Waals surface area (Å²) in [4.78, 5) is 25.7. The largest absolute Gasteiger partial charge is 0.454 e. The fourth-order valence-electron chi connectivity index (χ4n) is 2.34. The van der Waals surface area contributed by atoms with Crippen LogP contribution < -0.4 is 5.73 Å².